The number of aromatic nitrogens is 1. The van der Waals surface area contributed by atoms with Crippen molar-refractivity contribution in [3.8, 4) is 0 Å². The molecule has 8 heteroatoms. The molecule has 1 aliphatic rings. The number of fused-ring (bicyclic) bond motifs is 1. The van der Waals surface area contributed by atoms with Gasteiger partial charge in [0.25, 0.3) is 5.91 Å². The highest BCUT2D eigenvalue weighted by Crippen LogP contribution is 2.35. The predicted octanol–water partition coefficient (Wildman–Crippen LogP) is 1.69. The summed E-state index contributed by atoms with van der Waals surface area (Å²) < 4.78 is 29.4. The normalized spacial score (nSPS) is 17.7. The average Bonchev–Trinajstić information content (AvgIpc) is 2.80. The van der Waals surface area contributed by atoms with Gasteiger partial charge in [-0.3, -0.25) is 9.59 Å². The Kier molecular flexibility index (Phi) is 4.50. The van der Waals surface area contributed by atoms with Gasteiger partial charge in [0.2, 0.25) is 5.43 Å². The van der Waals surface area contributed by atoms with E-state index in [1.165, 1.54) is 0 Å². The number of allylic oxidation sites excluding steroid dienone is 2. The minimum absolute atomic E-state index is 0.221. The summed E-state index contributed by atoms with van der Waals surface area (Å²) in [5, 5.41) is 0. The third-order valence-electron chi connectivity index (χ3n) is 4.65. The summed E-state index contributed by atoms with van der Waals surface area (Å²) in [6.07, 6.45) is 1.16. The number of pyridine rings is 1. The molecule has 0 bridgehead atoms. The van der Waals surface area contributed by atoms with Crippen LogP contribution in [0.3, 0.4) is 0 Å². The predicted molar refractivity (Wildman–Crippen MR) is 91.8 cm³/mol. The van der Waals surface area contributed by atoms with Gasteiger partial charge in [-0.25, -0.2) is 8.78 Å². The van der Waals surface area contributed by atoms with Gasteiger partial charge >= 0.3 is 0 Å². The first-order chi connectivity index (χ1) is 11.4. The summed E-state index contributed by atoms with van der Waals surface area (Å²) in [4.78, 5) is 24.6. The van der Waals surface area contributed by atoms with Gasteiger partial charge in [-0.15, -0.1) is 0 Å². The lowest BCUT2D eigenvalue weighted by Gasteiger charge is -2.28. The Balaban J connectivity index is 2.98. The van der Waals surface area contributed by atoms with Crippen molar-refractivity contribution >= 4 is 11.6 Å². The monoisotopic (exact) mass is 352 g/mol. The highest BCUT2D eigenvalue weighted by Gasteiger charge is 2.36. The maximum Gasteiger partial charge on any atom is 0.254 e. The minimum Gasteiger partial charge on any atom is -0.396 e. The van der Waals surface area contributed by atoms with Crippen molar-refractivity contribution in [2.45, 2.75) is 46.1 Å². The molecular formula is C17H22F2N4O2. The fourth-order valence-corrected chi connectivity index (χ4v) is 3.42. The summed E-state index contributed by atoms with van der Waals surface area (Å²) in [6.45, 7) is 6.42. The number of primary amides is 1. The summed E-state index contributed by atoms with van der Waals surface area (Å²) >= 11 is 0. The first kappa shape index (κ1) is 18.7. The summed E-state index contributed by atoms with van der Waals surface area (Å²) in [7, 11) is 0. The third-order valence-corrected chi connectivity index (χ3v) is 4.65. The lowest BCUT2D eigenvalue weighted by atomic mass is 10.0. The molecule has 1 aliphatic heterocycles. The van der Waals surface area contributed by atoms with E-state index in [1.54, 1.807) is 11.5 Å². The summed E-state index contributed by atoms with van der Waals surface area (Å²) in [6, 6.07) is 0. The molecule has 0 aromatic carbocycles. The Hall–Kier alpha value is -2.64. The standard InChI is InChI=1S/C17H22F2N4O2/c1-7(18)13(20)12(19)14(21)10-8(2)23-9(5-6-17(23,3)4)11(15(10)24)16(22)25/h5-6,20-21H2,1-4H3,(H2,22,25)/b13-7-,14-12-. The molecule has 0 saturated heterocycles. The van der Waals surface area contributed by atoms with Crippen LogP contribution >= 0.6 is 0 Å². The van der Waals surface area contributed by atoms with E-state index in [0.29, 0.717) is 24.2 Å². The van der Waals surface area contributed by atoms with Crippen molar-refractivity contribution in [2.75, 3.05) is 0 Å². The first-order valence-corrected chi connectivity index (χ1v) is 7.78. The molecular weight excluding hydrogens is 330 g/mol. The second-order valence-corrected chi connectivity index (χ2v) is 6.80. The molecule has 1 aromatic rings. The van der Waals surface area contributed by atoms with Crippen LogP contribution in [0, 0.1) is 6.92 Å². The molecule has 0 unspecified atom stereocenters. The van der Waals surface area contributed by atoms with Gasteiger partial charge in [-0.2, -0.15) is 0 Å². The average molecular weight is 352 g/mol. The molecule has 25 heavy (non-hydrogen) atoms. The van der Waals surface area contributed by atoms with E-state index in [-0.39, 0.29) is 11.1 Å². The van der Waals surface area contributed by atoms with Crippen LogP contribution in [0.25, 0.3) is 5.70 Å². The summed E-state index contributed by atoms with van der Waals surface area (Å²) in [5.74, 6) is -3.12. The zero-order valence-electron chi connectivity index (χ0n) is 14.7. The Morgan fingerprint density at radius 2 is 1.72 bits per heavy atom. The van der Waals surface area contributed by atoms with Gasteiger partial charge in [0.15, 0.2) is 5.83 Å². The fraction of sp³-hybridized carbons (Fsp3) is 0.412. The number of hydrogen-bond acceptors (Lipinski definition) is 4. The van der Waals surface area contributed by atoms with Crippen LogP contribution < -0.4 is 22.6 Å². The maximum atomic E-state index is 14.4. The number of carbonyl (C=O) groups excluding carboxylic acids is 1. The van der Waals surface area contributed by atoms with Crippen molar-refractivity contribution in [3.63, 3.8) is 0 Å². The lowest BCUT2D eigenvalue weighted by molar-refractivity contribution is 0.0997. The van der Waals surface area contributed by atoms with Crippen molar-refractivity contribution in [2.24, 2.45) is 17.2 Å². The fourth-order valence-electron chi connectivity index (χ4n) is 3.42. The van der Waals surface area contributed by atoms with Crippen LogP contribution in [-0.4, -0.2) is 10.5 Å². The molecule has 136 valence electrons. The Bertz CT molecular complexity index is 891. The van der Waals surface area contributed by atoms with Crippen LogP contribution in [0.2, 0.25) is 0 Å². The molecule has 2 heterocycles. The van der Waals surface area contributed by atoms with E-state index in [1.807, 2.05) is 13.8 Å². The molecule has 0 saturated carbocycles. The highest BCUT2D eigenvalue weighted by molar-refractivity contribution is 5.95. The molecule has 1 amide bonds. The number of nitrogens with zero attached hydrogens (tertiary/aromatic N) is 1. The first-order valence-electron chi connectivity index (χ1n) is 7.78. The smallest absolute Gasteiger partial charge is 0.254 e. The van der Waals surface area contributed by atoms with Crippen LogP contribution in [-0.2, 0) is 12.0 Å². The van der Waals surface area contributed by atoms with Crippen molar-refractivity contribution in [1.29, 1.82) is 0 Å². The largest absolute Gasteiger partial charge is 0.396 e. The van der Waals surface area contributed by atoms with Gasteiger partial charge < -0.3 is 21.8 Å². The van der Waals surface area contributed by atoms with E-state index < -0.39 is 39.9 Å². The molecule has 0 radical (unpaired) electrons. The van der Waals surface area contributed by atoms with Crippen LogP contribution in [0.1, 0.15) is 54.5 Å². The minimum atomic E-state index is -1.24. The van der Waals surface area contributed by atoms with E-state index >= 15 is 0 Å². The highest BCUT2D eigenvalue weighted by atomic mass is 19.1. The van der Waals surface area contributed by atoms with E-state index in [0.717, 1.165) is 6.92 Å². The lowest BCUT2D eigenvalue weighted by Crippen LogP contribution is -2.34. The third kappa shape index (κ3) is 2.81. The zero-order chi connectivity index (χ0) is 19.3. The van der Waals surface area contributed by atoms with Crippen molar-refractivity contribution in [1.82, 2.24) is 4.57 Å². The Morgan fingerprint density at radius 1 is 1.16 bits per heavy atom. The van der Waals surface area contributed by atoms with E-state index in [4.69, 9.17) is 17.2 Å². The topological polar surface area (TPSA) is 117 Å². The maximum absolute atomic E-state index is 14.4. The molecule has 6 nitrogen and oxygen atoms in total. The molecule has 2 rings (SSSR count). The van der Waals surface area contributed by atoms with Crippen LogP contribution in [0.15, 0.2) is 22.1 Å². The molecule has 6 N–H and O–H groups in total. The number of hydrogen-bond donors (Lipinski definition) is 3. The molecule has 0 fully saturated rings. The number of rotatable bonds is 3. The van der Waals surface area contributed by atoms with Gasteiger partial charge in [0.1, 0.15) is 17.1 Å². The van der Waals surface area contributed by atoms with E-state index in [2.05, 4.69) is 0 Å². The molecule has 1 aromatic heterocycles. The van der Waals surface area contributed by atoms with Crippen molar-refractivity contribution < 1.29 is 13.6 Å². The molecule has 0 atom stereocenters. The van der Waals surface area contributed by atoms with Crippen molar-refractivity contribution in [3.05, 3.63) is 50.1 Å². The number of amides is 1. The quantitative estimate of drug-likeness (QED) is 0.718. The number of nitrogens with two attached hydrogens (primary N) is 3. The van der Waals surface area contributed by atoms with Gasteiger partial charge in [0, 0.05) is 16.9 Å². The molecule has 0 aliphatic carbocycles. The van der Waals surface area contributed by atoms with E-state index in [9.17, 15) is 18.4 Å². The summed E-state index contributed by atoms with van der Waals surface area (Å²) in [5.41, 5.74) is 14.4. The molecule has 0 spiro atoms. The van der Waals surface area contributed by atoms with Crippen LogP contribution in [0.5, 0.6) is 0 Å². The number of carbonyl (C=O) groups is 1. The zero-order valence-corrected chi connectivity index (χ0v) is 14.7. The van der Waals surface area contributed by atoms with Gasteiger partial charge in [-0.1, -0.05) is 0 Å². The Morgan fingerprint density at radius 3 is 2.20 bits per heavy atom. The van der Waals surface area contributed by atoms with Gasteiger partial charge in [-0.05, 0) is 40.5 Å². The SMILES string of the molecule is C/C(F)=C(N)\C(F)=C(\N)c1c(C)n2c(c(C(N)=O)c1=O)CCC2(C)C. The van der Waals surface area contributed by atoms with Crippen LogP contribution in [0.4, 0.5) is 8.78 Å². The second kappa shape index (κ2) is 6.02. The Labute approximate surface area is 144 Å². The van der Waals surface area contributed by atoms with Gasteiger partial charge in [0.05, 0.1) is 11.3 Å². The second-order valence-electron chi connectivity index (χ2n) is 6.80. The number of halogens is 2.